The molecular formula is C17H33N3. The number of hydrogen-bond donors (Lipinski definition) is 1. The van der Waals surface area contributed by atoms with Gasteiger partial charge in [-0.1, -0.05) is 19.8 Å². The van der Waals surface area contributed by atoms with Gasteiger partial charge in [0.15, 0.2) is 0 Å². The van der Waals surface area contributed by atoms with E-state index in [4.69, 9.17) is 0 Å². The molecule has 3 heteroatoms. The largest absolute Gasteiger partial charge is 0.312 e. The van der Waals surface area contributed by atoms with Crippen molar-refractivity contribution < 1.29 is 0 Å². The summed E-state index contributed by atoms with van der Waals surface area (Å²) in [6.07, 6.45) is 9.93. The molecule has 2 atom stereocenters. The zero-order chi connectivity index (χ0) is 13.8. The van der Waals surface area contributed by atoms with E-state index in [2.05, 4.69) is 22.0 Å². The van der Waals surface area contributed by atoms with E-state index in [0.717, 1.165) is 18.0 Å². The van der Waals surface area contributed by atoms with Gasteiger partial charge in [-0.3, -0.25) is 4.90 Å². The number of piperazine rings is 1. The van der Waals surface area contributed by atoms with Gasteiger partial charge in [-0.2, -0.15) is 0 Å². The molecule has 0 radical (unpaired) electrons. The van der Waals surface area contributed by atoms with Crippen LogP contribution in [0.2, 0.25) is 0 Å². The van der Waals surface area contributed by atoms with E-state index in [1.165, 1.54) is 84.2 Å². The second kappa shape index (κ2) is 7.24. The number of rotatable bonds is 6. The number of nitrogens with zero attached hydrogens (tertiary/aromatic N) is 2. The molecule has 2 aliphatic carbocycles. The van der Waals surface area contributed by atoms with Crippen LogP contribution < -0.4 is 5.32 Å². The predicted octanol–water partition coefficient (Wildman–Crippen LogP) is 2.32. The van der Waals surface area contributed by atoms with Crippen LogP contribution in [-0.2, 0) is 0 Å². The summed E-state index contributed by atoms with van der Waals surface area (Å²) in [7, 11) is 0. The molecule has 0 aromatic heterocycles. The minimum absolute atomic E-state index is 0.763. The summed E-state index contributed by atoms with van der Waals surface area (Å²) in [5, 5.41) is 3.82. The van der Waals surface area contributed by atoms with Gasteiger partial charge < -0.3 is 10.2 Å². The van der Waals surface area contributed by atoms with Gasteiger partial charge >= 0.3 is 0 Å². The lowest BCUT2D eigenvalue weighted by atomic mass is 9.88. The first-order valence-corrected chi connectivity index (χ1v) is 9.06. The Bertz CT molecular complexity index is 282. The van der Waals surface area contributed by atoms with Gasteiger partial charge in [-0.05, 0) is 44.6 Å². The molecule has 3 fully saturated rings. The maximum absolute atomic E-state index is 3.82. The van der Waals surface area contributed by atoms with Gasteiger partial charge in [-0.15, -0.1) is 0 Å². The summed E-state index contributed by atoms with van der Waals surface area (Å²) in [6, 6.07) is 1.58. The molecule has 116 valence electrons. The topological polar surface area (TPSA) is 18.5 Å². The maximum atomic E-state index is 3.82. The van der Waals surface area contributed by atoms with Crippen molar-refractivity contribution in [3.8, 4) is 0 Å². The van der Waals surface area contributed by atoms with Gasteiger partial charge in [-0.25, -0.2) is 0 Å². The highest BCUT2D eigenvalue weighted by Gasteiger charge is 2.32. The maximum Gasteiger partial charge on any atom is 0.0250 e. The molecule has 2 saturated carbocycles. The van der Waals surface area contributed by atoms with E-state index >= 15 is 0 Å². The molecule has 3 rings (SSSR count). The third-order valence-electron chi connectivity index (χ3n) is 5.48. The lowest BCUT2D eigenvalue weighted by Crippen LogP contribution is -2.57. The van der Waals surface area contributed by atoms with Crippen molar-refractivity contribution in [2.24, 2.45) is 5.92 Å². The van der Waals surface area contributed by atoms with Gasteiger partial charge in [0, 0.05) is 44.8 Å². The fraction of sp³-hybridized carbons (Fsp3) is 1.00. The Morgan fingerprint density at radius 3 is 2.40 bits per heavy atom. The van der Waals surface area contributed by atoms with E-state index in [1.807, 2.05) is 0 Å². The van der Waals surface area contributed by atoms with Crippen molar-refractivity contribution in [1.82, 2.24) is 15.1 Å². The Balaban J connectivity index is 1.46. The zero-order valence-corrected chi connectivity index (χ0v) is 13.3. The first-order chi connectivity index (χ1) is 9.86. The summed E-state index contributed by atoms with van der Waals surface area (Å²) in [5.74, 6) is 1.05. The molecule has 1 N–H and O–H groups in total. The summed E-state index contributed by atoms with van der Waals surface area (Å²) in [6.45, 7) is 10.1. The van der Waals surface area contributed by atoms with Crippen LogP contribution >= 0.6 is 0 Å². The first-order valence-electron chi connectivity index (χ1n) is 9.06. The van der Waals surface area contributed by atoms with Crippen molar-refractivity contribution in [3.63, 3.8) is 0 Å². The van der Waals surface area contributed by atoms with Gasteiger partial charge in [0.1, 0.15) is 0 Å². The molecule has 0 spiro atoms. The normalized spacial score (nSPS) is 33.5. The monoisotopic (exact) mass is 279 g/mol. The Kier molecular flexibility index (Phi) is 5.36. The van der Waals surface area contributed by atoms with E-state index in [9.17, 15) is 0 Å². The van der Waals surface area contributed by atoms with Crippen molar-refractivity contribution in [2.45, 2.75) is 64.0 Å². The summed E-state index contributed by atoms with van der Waals surface area (Å²) >= 11 is 0. The molecule has 3 aliphatic rings. The molecule has 3 nitrogen and oxygen atoms in total. The highest BCUT2D eigenvalue weighted by Crippen LogP contribution is 2.30. The minimum Gasteiger partial charge on any atom is -0.312 e. The highest BCUT2D eigenvalue weighted by atomic mass is 15.3. The Morgan fingerprint density at radius 1 is 0.950 bits per heavy atom. The second-order valence-corrected chi connectivity index (χ2v) is 7.19. The average molecular weight is 279 g/mol. The highest BCUT2D eigenvalue weighted by molar-refractivity contribution is 4.91. The summed E-state index contributed by atoms with van der Waals surface area (Å²) in [4.78, 5) is 5.52. The van der Waals surface area contributed by atoms with Crippen molar-refractivity contribution in [2.75, 3.05) is 39.3 Å². The predicted molar refractivity (Wildman–Crippen MR) is 85.1 cm³/mol. The average Bonchev–Trinajstić information content (AvgIpc) is 3.30. The van der Waals surface area contributed by atoms with Crippen LogP contribution in [0.25, 0.3) is 0 Å². The fourth-order valence-electron chi connectivity index (χ4n) is 4.06. The quantitative estimate of drug-likeness (QED) is 0.805. The third-order valence-corrected chi connectivity index (χ3v) is 5.48. The number of nitrogens with one attached hydrogen (secondary N) is 1. The van der Waals surface area contributed by atoms with Crippen LogP contribution in [0.3, 0.4) is 0 Å². The van der Waals surface area contributed by atoms with Gasteiger partial charge in [0.05, 0.1) is 0 Å². The molecule has 1 heterocycles. The third kappa shape index (κ3) is 3.96. The molecule has 0 amide bonds. The molecular weight excluding hydrogens is 246 g/mol. The standard InChI is InChI=1S/C17H33N3/c1-2-9-18-16-5-3-4-6-17(16)20-12-10-19(11-13-20)14-15-7-8-15/h15-18H,2-14H2,1H3. The van der Waals surface area contributed by atoms with Gasteiger partial charge in [0.2, 0.25) is 0 Å². The van der Waals surface area contributed by atoms with E-state index in [-0.39, 0.29) is 0 Å². The van der Waals surface area contributed by atoms with Crippen LogP contribution in [0.15, 0.2) is 0 Å². The zero-order valence-electron chi connectivity index (χ0n) is 13.3. The van der Waals surface area contributed by atoms with Crippen LogP contribution in [0, 0.1) is 5.92 Å². The Morgan fingerprint density at radius 2 is 1.70 bits per heavy atom. The van der Waals surface area contributed by atoms with E-state index in [1.54, 1.807) is 0 Å². The molecule has 1 saturated heterocycles. The van der Waals surface area contributed by atoms with Crippen LogP contribution in [-0.4, -0.2) is 61.2 Å². The summed E-state index contributed by atoms with van der Waals surface area (Å²) < 4.78 is 0. The molecule has 2 unspecified atom stereocenters. The summed E-state index contributed by atoms with van der Waals surface area (Å²) in [5.41, 5.74) is 0. The lowest BCUT2D eigenvalue weighted by Gasteiger charge is -2.44. The van der Waals surface area contributed by atoms with Crippen LogP contribution in [0.4, 0.5) is 0 Å². The fourth-order valence-corrected chi connectivity index (χ4v) is 4.06. The van der Waals surface area contributed by atoms with Crippen molar-refractivity contribution in [1.29, 1.82) is 0 Å². The molecule has 0 aromatic carbocycles. The van der Waals surface area contributed by atoms with Crippen LogP contribution in [0.5, 0.6) is 0 Å². The van der Waals surface area contributed by atoms with Gasteiger partial charge in [0.25, 0.3) is 0 Å². The van der Waals surface area contributed by atoms with E-state index in [0.29, 0.717) is 0 Å². The molecule has 20 heavy (non-hydrogen) atoms. The van der Waals surface area contributed by atoms with E-state index < -0.39 is 0 Å². The van der Waals surface area contributed by atoms with Crippen LogP contribution in [0.1, 0.15) is 51.9 Å². The lowest BCUT2D eigenvalue weighted by molar-refractivity contribution is 0.0597. The Hall–Kier alpha value is -0.120. The second-order valence-electron chi connectivity index (χ2n) is 7.19. The Labute approximate surface area is 125 Å². The molecule has 1 aliphatic heterocycles. The SMILES string of the molecule is CCCNC1CCCCC1N1CCN(CC2CC2)CC1. The first kappa shape index (κ1) is 14.8. The minimum atomic E-state index is 0.763. The smallest absolute Gasteiger partial charge is 0.0250 e. The number of hydrogen-bond acceptors (Lipinski definition) is 3. The van der Waals surface area contributed by atoms with Crippen molar-refractivity contribution in [3.05, 3.63) is 0 Å². The molecule has 0 aromatic rings. The molecule has 0 bridgehead atoms. The van der Waals surface area contributed by atoms with Crippen molar-refractivity contribution >= 4 is 0 Å².